The highest BCUT2D eigenvalue weighted by Crippen LogP contribution is 2.41. The summed E-state index contributed by atoms with van der Waals surface area (Å²) in [7, 11) is 0. The van der Waals surface area contributed by atoms with Crippen LogP contribution in [0.15, 0.2) is 33.4 Å². The molecule has 2 rings (SSSR count). The van der Waals surface area contributed by atoms with E-state index in [-0.39, 0.29) is 0 Å². The first-order valence-electron chi connectivity index (χ1n) is 3.96. The smallest absolute Gasteiger partial charge is 0.0744 e. The van der Waals surface area contributed by atoms with Gasteiger partial charge in [-0.2, -0.15) is 0 Å². The van der Waals surface area contributed by atoms with Gasteiger partial charge in [0.05, 0.1) is 4.21 Å². The Morgan fingerprint density at radius 1 is 1.08 bits per heavy atom. The molecule has 1 aromatic carbocycles. The third kappa shape index (κ3) is 1.60. The van der Waals surface area contributed by atoms with E-state index in [4.69, 9.17) is 0 Å². The van der Waals surface area contributed by atoms with Gasteiger partial charge in [-0.1, -0.05) is 18.2 Å². The summed E-state index contributed by atoms with van der Waals surface area (Å²) in [6.07, 6.45) is 4.29. The zero-order valence-electron chi connectivity index (χ0n) is 7.53. The van der Waals surface area contributed by atoms with Crippen LogP contribution >= 0.6 is 34.9 Å². The van der Waals surface area contributed by atoms with Crippen LogP contribution < -0.4 is 0 Å². The second kappa shape index (κ2) is 3.95. The minimum atomic E-state index is 1.40. The Bertz CT molecular complexity index is 417. The van der Waals surface area contributed by atoms with Crippen LogP contribution in [0.3, 0.4) is 0 Å². The van der Waals surface area contributed by atoms with Crippen molar-refractivity contribution < 1.29 is 0 Å². The Morgan fingerprint density at radius 2 is 1.85 bits per heavy atom. The number of thioether (sulfide) groups is 2. The molecule has 0 atom stereocenters. The van der Waals surface area contributed by atoms with Crippen molar-refractivity contribution in [1.82, 2.24) is 0 Å². The van der Waals surface area contributed by atoms with E-state index in [1.165, 1.54) is 19.2 Å². The molecule has 0 spiro atoms. The Labute approximate surface area is 90.7 Å². The van der Waals surface area contributed by atoms with Crippen LogP contribution in [0.5, 0.6) is 0 Å². The molecule has 0 bridgehead atoms. The number of fused-ring (bicyclic) bond motifs is 1. The fourth-order valence-corrected chi connectivity index (χ4v) is 4.56. The molecule has 2 aromatic rings. The third-order valence-electron chi connectivity index (χ3n) is 1.91. The summed E-state index contributed by atoms with van der Waals surface area (Å²) < 4.78 is 2.84. The zero-order chi connectivity index (χ0) is 9.26. The second-order valence-corrected chi connectivity index (χ2v) is 5.57. The standard InChI is InChI=1S/C10H10S3/c1-11-9-7-5-3-4-6-8(7)13-10(9)12-2/h3-6H,1-2H3. The monoisotopic (exact) mass is 226 g/mol. The predicted molar refractivity (Wildman–Crippen MR) is 65.4 cm³/mol. The van der Waals surface area contributed by atoms with Crippen LogP contribution in [0, 0.1) is 0 Å². The molecule has 1 aromatic heterocycles. The van der Waals surface area contributed by atoms with Gasteiger partial charge in [0.1, 0.15) is 0 Å². The fraction of sp³-hybridized carbons (Fsp3) is 0.200. The van der Waals surface area contributed by atoms with E-state index >= 15 is 0 Å². The molecular formula is C10H10S3. The summed E-state index contributed by atoms with van der Waals surface area (Å²) in [6, 6.07) is 8.61. The van der Waals surface area contributed by atoms with Gasteiger partial charge in [-0.15, -0.1) is 34.9 Å². The fourth-order valence-electron chi connectivity index (χ4n) is 1.33. The number of benzene rings is 1. The van der Waals surface area contributed by atoms with Crippen molar-refractivity contribution >= 4 is 44.9 Å². The lowest BCUT2D eigenvalue weighted by Gasteiger charge is -1.95. The van der Waals surface area contributed by atoms with Gasteiger partial charge in [0.25, 0.3) is 0 Å². The summed E-state index contributed by atoms with van der Waals surface area (Å²) in [5.41, 5.74) is 0. The van der Waals surface area contributed by atoms with Gasteiger partial charge in [0.15, 0.2) is 0 Å². The molecule has 0 radical (unpaired) electrons. The van der Waals surface area contributed by atoms with Crippen molar-refractivity contribution in [3.63, 3.8) is 0 Å². The van der Waals surface area contributed by atoms with E-state index in [1.54, 1.807) is 0 Å². The van der Waals surface area contributed by atoms with Crippen molar-refractivity contribution in [1.29, 1.82) is 0 Å². The average Bonchev–Trinajstić information content (AvgIpc) is 2.55. The Morgan fingerprint density at radius 3 is 2.54 bits per heavy atom. The molecule has 0 aliphatic rings. The van der Waals surface area contributed by atoms with Crippen LogP contribution in [-0.4, -0.2) is 12.5 Å². The molecular weight excluding hydrogens is 216 g/mol. The SMILES string of the molecule is CSc1sc2ccccc2c1SC. The molecule has 0 nitrogen and oxygen atoms in total. The molecule has 0 aliphatic carbocycles. The average molecular weight is 226 g/mol. The molecule has 0 saturated heterocycles. The van der Waals surface area contributed by atoms with Gasteiger partial charge in [-0.05, 0) is 18.6 Å². The quantitative estimate of drug-likeness (QED) is 0.698. The first-order chi connectivity index (χ1) is 6.36. The molecule has 1 heterocycles. The van der Waals surface area contributed by atoms with Crippen LogP contribution in [0.2, 0.25) is 0 Å². The summed E-state index contributed by atoms with van der Waals surface area (Å²) in [4.78, 5) is 1.44. The van der Waals surface area contributed by atoms with E-state index in [2.05, 4.69) is 36.8 Å². The van der Waals surface area contributed by atoms with Crippen LogP contribution in [0.4, 0.5) is 0 Å². The summed E-state index contributed by atoms with van der Waals surface area (Å²) in [5.74, 6) is 0. The van der Waals surface area contributed by atoms with Crippen molar-refractivity contribution in [3.05, 3.63) is 24.3 Å². The molecule has 0 amide bonds. The van der Waals surface area contributed by atoms with Gasteiger partial charge in [-0.25, -0.2) is 0 Å². The molecule has 13 heavy (non-hydrogen) atoms. The minimum absolute atomic E-state index is 1.40. The highest BCUT2D eigenvalue weighted by molar-refractivity contribution is 8.03. The largest absolute Gasteiger partial charge is 0.128 e. The zero-order valence-corrected chi connectivity index (χ0v) is 9.98. The normalized spacial score (nSPS) is 10.9. The molecule has 0 aliphatic heterocycles. The van der Waals surface area contributed by atoms with Gasteiger partial charge < -0.3 is 0 Å². The first-order valence-corrected chi connectivity index (χ1v) is 7.23. The maximum atomic E-state index is 2.21. The van der Waals surface area contributed by atoms with Gasteiger partial charge in [0, 0.05) is 15.0 Å². The maximum Gasteiger partial charge on any atom is 0.0744 e. The third-order valence-corrected chi connectivity index (χ3v) is 5.29. The highest BCUT2D eigenvalue weighted by Gasteiger charge is 2.08. The number of hydrogen-bond acceptors (Lipinski definition) is 3. The summed E-state index contributed by atoms with van der Waals surface area (Å²) >= 11 is 5.58. The van der Waals surface area contributed by atoms with E-state index in [9.17, 15) is 0 Å². The van der Waals surface area contributed by atoms with Gasteiger partial charge in [-0.3, -0.25) is 0 Å². The number of thiophene rings is 1. The van der Waals surface area contributed by atoms with E-state index in [0.717, 1.165) is 0 Å². The van der Waals surface area contributed by atoms with Crippen LogP contribution in [-0.2, 0) is 0 Å². The first kappa shape index (κ1) is 9.44. The van der Waals surface area contributed by atoms with Gasteiger partial charge >= 0.3 is 0 Å². The molecule has 0 fully saturated rings. The number of hydrogen-bond donors (Lipinski definition) is 0. The topological polar surface area (TPSA) is 0 Å². The Balaban J connectivity index is 2.73. The number of rotatable bonds is 2. The van der Waals surface area contributed by atoms with Crippen molar-refractivity contribution in [2.75, 3.05) is 12.5 Å². The van der Waals surface area contributed by atoms with Crippen molar-refractivity contribution in [3.8, 4) is 0 Å². The summed E-state index contributed by atoms with van der Waals surface area (Å²) in [6.45, 7) is 0. The van der Waals surface area contributed by atoms with Gasteiger partial charge in [0.2, 0.25) is 0 Å². The second-order valence-electron chi connectivity index (χ2n) is 2.62. The molecule has 68 valence electrons. The van der Waals surface area contributed by atoms with Crippen LogP contribution in [0.25, 0.3) is 10.1 Å². The van der Waals surface area contributed by atoms with E-state index < -0.39 is 0 Å². The lowest BCUT2D eigenvalue weighted by atomic mass is 10.3. The minimum Gasteiger partial charge on any atom is -0.128 e. The lowest BCUT2D eigenvalue weighted by molar-refractivity contribution is 1.46. The molecule has 3 heteroatoms. The highest BCUT2D eigenvalue weighted by atomic mass is 32.2. The molecule has 0 saturated carbocycles. The van der Waals surface area contributed by atoms with Crippen LogP contribution in [0.1, 0.15) is 0 Å². The van der Waals surface area contributed by atoms with Crippen molar-refractivity contribution in [2.45, 2.75) is 9.10 Å². The Hall–Kier alpha value is -0.120. The molecule has 0 unspecified atom stereocenters. The Kier molecular flexibility index (Phi) is 2.86. The van der Waals surface area contributed by atoms with E-state index in [1.807, 2.05) is 34.9 Å². The predicted octanol–water partition coefficient (Wildman–Crippen LogP) is 4.35. The molecule has 0 N–H and O–H groups in total. The van der Waals surface area contributed by atoms with E-state index in [0.29, 0.717) is 0 Å². The lowest BCUT2D eigenvalue weighted by Crippen LogP contribution is -1.67. The van der Waals surface area contributed by atoms with Crippen molar-refractivity contribution in [2.24, 2.45) is 0 Å². The summed E-state index contributed by atoms with van der Waals surface area (Å²) in [5, 5.41) is 1.41. The maximum absolute atomic E-state index is 2.21.